The fourth-order valence-electron chi connectivity index (χ4n) is 1.69. The van der Waals surface area contributed by atoms with Gasteiger partial charge < -0.3 is 0 Å². The number of nitrogens with zero attached hydrogens (tertiary/aromatic N) is 1. The highest BCUT2D eigenvalue weighted by Gasteiger charge is 2.21. The van der Waals surface area contributed by atoms with E-state index in [2.05, 4.69) is 4.72 Å². The minimum atomic E-state index is -3.62. The molecular formula is C13H18N2O2S. The first kappa shape index (κ1) is 14.7. The van der Waals surface area contributed by atoms with Crippen LogP contribution >= 0.6 is 0 Å². The summed E-state index contributed by atoms with van der Waals surface area (Å²) in [6.45, 7) is 5.50. The second-order valence-electron chi connectivity index (χ2n) is 4.36. The number of nitriles is 1. The monoisotopic (exact) mass is 266 g/mol. The van der Waals surface area contributed by atoms with Crippen molar-refractivity contribution in [1.82, 2.24) is 4.72 Å². The Bertz CT molecular complexity index is 559. The van der Waals surface area contributed by atoms with E-state index in [1.165, 1.54) is 0 Å². The molecule has 0 aliphatic carbocycles. The number of nitrogens with one attached hydrogen (secondary N) is 1. The Hall–Kier alpha value is -1.38. The molecule has 0 radical (unpaired) electrons. The van der Waals surface area contributed by atoms with Gasteiger partial charge in [0.25, 0.3) is 0 Å². The molecule has 0 saturated carbocycles. The summed E-state index contributed by atoms with van der Waals surface area (Å²) in [6.07, 6.45) is 1.27. The van der Waals surface area contributed by atoms with E-state index in [4.69, 9.17) is 5.26 Å². The molecule has 0 bridgehead atoms. The molecule has 0 aromatic heterocycles. The first-order chi connectivity index (χ1) is 8.40. The topological polar surface area (TPSA) is 70.0 Å². The van der Waals surface area contributed by atoms with E-state index < -0.39 is 16.1 Å². The molecule has 1 atom stereocenters. The van der Waals surface area contributed by atoms with Crippen LogP contribution in [0.4, 0.5) is 0 Å². The van der Waals surface area contributed by atoms with Crippen LogP contribution in [0.15, 0.2) is 23.1 Å². The van der Waals surface area contributed by atoms with E-state index in [1.54, 1.807) is 19.1 Å². The molecule has 98 valence electrons. The van der Waals surface area contributed by atoms with E-state index in [0.29, 0.717) is 12.0 Å². The summed E-state index contributed by atoms with van der Waals surface area (Å²) in [7, 11) is -3.62. The van der Waals surface area contributed by atoms with Crippen LogP contribution in [0.5, 0.6) is 0 Å². The van der Waals surface area contributed by atoms with Gasteiger partial charge in [-0.15, -0.1) is 0 Å². The largest absolute Gasteiger partial charge is 0.241 e. The van der Waals surface area contributed by atoms with Gasteiger partial charge in [0, 0.05) is 0 Å². The molecule has 0 fully saturated rings. The molecular weight excluding hydrogens is 248 g/mol. The fourth-order valence-corrected chi connectivity index (χ4v) is 3.19. The zero-order valence-electron chi connectivity index (χ0n) is 10.9. The molecule has 1 N–H and O–H groups in total. The Labute approximate surface area is 109 Å². The lowest BCUT2D eigenvalue weighted by atomic mass is 10.2. The zero-order chi connectivity index (χ0) is 13.8. The molecule has 0 amide bonds. The van der Waals surface area contributed by atoms with E-state index in [-0.39, 0.29) is 4.90 Å². The molecule has 1 aromatic rings. The van der Waals surface area contributed by atoms with Gasteiger partial charge in [-0.2, -0.15) is 9.98 Å². The minimum absolute atomic E-state index is 0.249. The van der Waals surface area contributed by atoms with Crippen LogP contribution in [-0.2, 0) is 10.0 Å². The van der Waals surface area contributed by atoms with Gasteiger partial charge in [0.15, 0.2) is 0 Å². The second kappa shape index (κ2) is 5.98. The minimum Gasteiger partial charge on any atom is -0.207 e. The van der Waals surface area contributed by atoms with Crippen LogP contribution in [0.2, 0.25) is 0 Å². The lowest BCUT2D eigenvalue weighted by Gasteiger charge is -2.13. The summed E-state index contributed by atoms with van der Waals surface area (Å²) >= 11 is 0. The highest BCUT2D eigenvalue weighted by Crippen LogP contribution is 2.17. The first-order valence-corrected chi connectivity index (χ1v) is 7.38. The highest BCUT2D eigenvalue weighted by atomic mass is 32.2. The lowest BCUT2D eigenvalue weighted by molar-refractivity contribution is 0.562. The van der Waals surface area contributed by atoms with Crippen LogP contribution in [-0.4, -0.2) is 14.5 Å². The SMILES string of the molecule is CCCC(C#N)NS(=O)(=O)c1cc(C)ccc1C. The average molecular weight is 266 g/mol. The fraction of sp³-hybridized carbons (Fsp3) is 0.462. The van der Waals surface area contributed by atoms with Crippen molar-refractivity contribution in [2.45, 2.75) is 44.6 Å². The molecule has 1 rings (SSSR count). The lowest BCUT2D eigenvalue weighted by Crippen LogP contribution is -2.34. The predicted octanol–water partition coefficient (Wildman–Crippen LogP) is 2.27. The number of aryl methyl sites for hydroxylation is 2. The van der Waals surface area contributed by atoms with Crippen LogP contribution in [0, 0.1) is 25.2 Å². The van der Waals surface area contributed by atoms with Crippen molar-refractivity contribution in [2.24, 2.45) is 0 Å². The van der Waals surface area contributed by atoms with E-state index >= 15 is 0 Å². The van der Waals surface area contributed by atoms with Gasteiger partial charge in [-0.3, -0.25) is 0 Å². The second-order valence-corrected chi connectivity index (χ2v) is 6.04. The van der Waals surface area contributed by atoms with Gasteiger partial charge in [0.2, 0.25) is 10.0 Å². The molecule has 0 heterocycles. The normalized spacial score (nSPS) is 13.0. The summed E-state index contributed by atoms with van der Waals surface area (Å²) in [5.74, 6) is 0. The number of benzene rings is 1. The maximum atomic E-state index is 12.2. The molecule has 0 aliphatic heterocycles. The Morgan fingerprint density at radius 2 is 2.06 bits per heavy atom. The molecule has 4 nitrogen and oxygen atoms in total. The number of hydrogen-bond donors (Lipinski definition) is 1. The Morgan fingerprint density at radius 3 is 2.61 bits per heavy atom. The van der Waals surface area contributed by atoms with Crippen molar-refractivity contribution < 1.29 is 8.42 Å². The van der Waals surface area contributed by atoms with Gasteiger partial charge in [-0.1, -0.05) is 25.5 Å². The van der Waals surface area contributed by atoms with Crippen LogP contribution < -0.4 is 4.72 Å². The van der Waals surface area contributed by atoms with Gasteiger partial charge in [-0.25, -0.2) is 8.42 Å². The average Bonchev–Trinajstić information content (AvgIpc) is 2.31. The predicted molar refractivity (Wildman–Crippen MR) is 70.5 cm³/mol. The van der Waals surface area contributed by atoms with Crippen molar-refractivity contribution in [3.63, 3.8) is 0 Å². The molecule has 5 heteroatoms. The zero-order valence-corrected chi connectivity index (χ0v) is 11.7. The van der Waals surface area contributed by atoms with E-state index in [0.717, 1.165) is 12.0 Å². The Morgan fingerprint density at radius 1 is 1.39 bits per heavy atom. The van der Waals surface area contributed by atoms with Gasteiger partial charge in [-0.05, 0) is 37.5 Å². The quantitative estimate of drug-likeness (QED) is 0.888. The summed E-state index contributed by atoms with van der Waals surface area (Å²) in [6, 6.07) is 6.56. The summed E-state index contributed by atoms with van der Waals surface area (Å²) < 4.78 is 26.8. The van der Waals surface area contributed by atoms with Gasteiger partial charge >= 0.3 is 0 Å². The maximum Gasteiger partial charge on any atom is 0.241 e. The van der Waals surface area contributed by atoms with Gasteiger partial charge in [0.05, 0.1) is 11.0 Å². The summed E-state index contributed by atoms with van der Waals surface area (Å²) in [5.41, 5.74) is 1.56. The van der Waals surface area contributed by atoms with Crippen LogP contribution in [0.1, 0.15) is 30.9 Å². The van der Waals surface area contributed by atoms with E-state index in [9.17, 15) is 8.42 Å². The molecule has 1 aromatic carbocycles. The third-order valence-corrected chi connectivity index (χ3v) is 4.28. The van der Waals surface area contributed by atoms with Crippen molar-refractivity contribution in [3.05, 3.63) is 29.3 Å². The third kappa shape index (κ3) is 3.56. The highest BCUT2D eigenvalue weighted by molar-refractivity contribution is 7.89. The van der Waals surface area contributed by atoms with E-state index in [1.807, 2.05) is 26.0 Å². The Kier molecular flexibility index (Phi) is 4.88. The number of hydrogen-bond acceptors (Lipinski definition) is 3. The first-order valence-electron chi connectivity index (χ1n) is 5.90. The van der Waals surface area contributed by atoms with Crippen molar-refractivity contribution in [3.8, 4) is 6.07 Å². The van der Waals surface area contributed by atoms with Crippen LogP contribution in [0.25, 0.3) is 0 Å². The van der Waals surface area contributed by atoms with Crippen molar-refractivity contribution in [2.75, 3.05) is 0 Å². The summed E-state index contributed by atoms with van der Waals surface area (Å²) in [5, 5.41) is 8.91. The molecule has 18 heavy (non-hydrogen) atoms. The smallest absolute Gasteiger partial charge is 0.207 e. The molecule has 1 unspecified atom stereocenters. The molecule has 0 spiro atoms. The standard InChI is InChI=1S/C13H18N2O2S/c1-4-5-12(9-14)15-18(16,17)13-8-10(2)6-7-11(13)3/h6-8,12,15H,4-5H2,1-3H3. The number of rotatable bonds is 5. The van der Waals surface area contributed by atoms with Crippen molar-refractivity contribution >= 4 is 10.0 Å². The maximum absolute atomic E-state index is 12.2. The number of sulfonamides is 1. The Balaban J connectivity index is 3.07. The molecule has 0 aliphatic rings. The van der Waals surface area contributed by atoms with Gasteiger partial charge in [0.1, 0.15) is 6.04 Å². The van der Waals surface area contributed by atoms with Crippen LogP contribution in [0.3, 0.4) is 0 Å². The molecule has 0 saturated heterocycles. The third-order valence-electron chi connectivity index (χ3n) is 2.66. The van der Waals surface area contributed by atoms with Crippen molar-refractivity contribution in [1.29, 1.82) is 5.26 Å². The summed E-state index contributed by atoms with van der Waals surface area (Å²) in [4.78, 5) is 0.249.